The molecule has 102 valence electrons. The van der Waals surface area contributed by atoms with E-state index >= 15 is 0 Å². The molecule has 1 aromatic carbocycles. The van der Waals surface area contributed by atoms with E-state index in [2.05, 4.69) is 20.8 Å². The van der Waals surface area contributed by atoms with Crippen molar-refractivity contribution < 1.29 is 9.52 Å². The standard InChI is InChI=1S/C13H18N4O2/c1-2-14-9-12-16-17-13(19-12)15-11-5-3-10(4-6-11)7-8-18/h3-6,14,18H,2,7-9H2,1H3,(H,15,17). The van der Waals surface area contributed by atoms with Gasteiger partial charge in [0.15, 0.2) is 0 Å². The Hall–Kier alpha value is -1.92. The van der Waals surface area contributed by atoms with Crippen LogP contribution < -0.4 is 10.6 Å². The summed E-state index contributed by atoms with van der Waals surface area (Å²) in [5, 5.41) is 22.8. The lowest BCUT2D eigenvalue weighted by Crippen LogP contribution is -2.11. The van der Waals surface area contributed by atoms with E-state index in [0.29, 0.717) is 24.9 Å². The van der Waals surface area contributed by atoms with Crippen LogP contribution in [0.2, 0.25) is 0 Å². The molecule has 1 heterocycles. The van der Waals surface area contributed by atoms with Crippen molar-refractivity contribution in [2.45, 2.75) is 19.9 Å². The Balaban J connectivity index is 1.94. The van der Waals surface area contributed by atoms with Gasteiger partial charge in [0.25, 0.3) is 0 Å². The van der Waals surface area contributed by atoms with E-state index in [1.807, 2.05) is 31.2 Å². The van der Waals surface area contributed by atoms with Gasteiger partial charge in [0.2, 0.25) is 5.89 Å². The van der Waals surface area contributed by atoms with E-state index < -0.39 is 0 Å². The lowest BCUT2D eigenvalue weighted by Gasteiger charge is -2.02. The molecule has 0 fully saturated rings. The monoisotopic (exact) mass is 262 g/mol. The molecule has 0 radical (unpaired) electrons. The second kappa shape index (κ2) is 6.86. The largest absolute Gasteiger partial charge is 0.406 e. The number of hydrogen-bond acceptors (Lipinski definition) is 6. The first-order chi connectivity index (χ1) is 9.31. The van der Waals surface area contributed by atoms with Crippen LogP contribution >= 0.6 is 0 Å². The number of rotatable bonds is 7. The number of hydrogen-bond donors (Lipinski definition) is 3. The Labute approximate surface area is 111 Å². The summed E-state index contributed by atoms with van der Waals surface area (Å²) in [5.41, 5.74) is 1.96. The fourth-order valence-electron chi connectivity index (χ4n) is 1.61. The third-order valence-corrected chi connectivity index (χ3v) is 2.60. The van der Waals surface area contributed by atoms with Gasteiger partial charge in [-0.3, -0.25) is 0 Å². The second-order valence-corrected chi connectivity index (χ2v) is 4.08. The maximum Gasteiger partial charge on any atom is 0.320 e. The van der Waals surface area contributed by atoms with Crippen molar-refractivity contribution in [3.8, 4) is 0 Å². The van der Waals surface area contributed by atoms with Gasteiger partial charge in [-0.15, -0.1) is 5.10 Å². The predicted octanol–water partition coefficient (Wildman–Crippen LogP) is 1.46. The Bertz CT molecular complexity index is 496. The highest BCUT2D eigenvalue weighted by atomic mass is 16.4. The van der Waals surface area contributed by atoms with Crippen LogP contribution in [0.5, 0.6) is 0 Å². The van der Waals surface area contributed by atoms with Crippen LogP contribution in [0.3, 0.4) is 0 Å². The van der Waals surface area contributed by atoms with Crippen molar-refractivity contribution >= 4 is 11.7 Å². The number of benzene rings is 1. The molecular weight excluding hydrogens is 244 g/mol. The van der Waals surface area contributed by atoms with Crippen LogP contribution in [-0.2, 0) is 13.0 Å². The summed E-state index contributed by atoms with van der Waals surface area (Å²) < 4.78 is 5.43. The lowest BCUT2D eigenvalue weighted by atomic mass is 10.1. The first-order valence-electron chi connectivity index (χ1n) is 6.31. The number of anilines is 2. The summed E-state index contributed by atoms with van der Waals surface area (Å²) in [6.07, 6.45) is 0.660. The predicted molar refractivity (Wildman–Crippen MR) is 72.2 cm³/mol. The third-order valence-electron chi connectivity index (χ3n) is 2.60. The molecule has 6 nitrogen and oxygen atoms in total. The molecule has 0 unspecified atom stereocenters. The Morgan fingerprint density at radius 2 is 2.00 bits per heavy atom. The van der Waals surface area contributed by atoms with Gasteiger partial charge in [0.05, 0.1) is 6.54 Å². The minimum absolute atomic E-state index is 0.157. The molecule has 19 heavy (non-hydrogen) atoms. The van der Waals surface area contributed by atoms with E-state index in [9.17, 15) is 0 Å². The van der Waals surface area contributed by atoms with Gasteiger partial charge in [-0.05, 0) is 30.7 Å². The average Bonchev–Trinajstić information content (AvgIpc) is 2.87. The molecule has 2 aromatic rings. The third kappa shape index (κ3) is 4.04. The Morgan fingerprint density at radius 3 is 2.68 bits per heavy atom. The fraction of sp³-hybridized carbons (Fsp3) is 0.385. The molecule has 0 atom stereocenters. The molecule has 0 saturated carbocycles. The van der Waals surface area contributed by atoms with Gasteiger partial charge in [-0.2, -0.15) is 0 Å². The molecular formula is C13H18N4O2. The highest BCUT2D eigenvalue weighted by molar-refractivity contribution is 5.52. The summed E-state index contributed by atoms with van der Waals surface area (Å²) >= 11 is 0. The summed E-state index contributed by atoms with van der Waals surface area (Å²) in [4.78, 5) is 0. The number of aliphatic hydroxyl groups excluding tert-OH is 1. The SMILES string of the molecule is CCNCc1nnc(Nc2ccc(CCO)cc2)o1. The minimum atomic E-state index is 0.157. The smallest absolute Gasteiger partial charge is 0.320 e. The normalized spacial score (nSPS) is 10.6. The van der Waals surface area contributed by atoms with Gasteiger partial charge >= 0.3 is 6.01 Å². The summed E-state index contributed by atoms with van der Waals surface area (Å²) in [7, 11) is 0. The van der Waals surface area contributed by atoms with Gasteiger partial charge in [0.1, 0.15) is 0 Å². The van der Waals surface area contributed by atoms with Gasteiger partial charge in [-0.1, -0.05) is 24.2 Å². The van der Waals surface area contributed by atoms with Crippen LogP contribution in [0.1, 0.15) is 18.4 Å². The average molecular weight is 262 g/mol. The summed E-state index contributed by atoms with van der Waals surface area (Å²) in [5.74, 6) is 0.557. The zero-order chi connectivity index (χ0) is 13.5. The molecule has 3 N–H and O–H groups in total. The van der Waals surface area contributed by atoms with E-state index in [-0.39, 0.29) is 6.61 Å². The van der Waals surface area contributed by atoms with Crippen LogP contribution in [0, 0.1) is 0 Å². The molecule has 0 bridgehead atoms. The molecule has 0 spiro atoms. The molecule has 0 aliphatic heterocycles. The number of nitrogens with zero attached hydrogens (tertiary/aromatic N) is 2. The number of nitrogens with one attached hydrogen (secondary N) is 2. The summed E-state index contributed by atoms with van der Waals surface area (Å²) in [6, 6.07) is 8.11. The van der Waals surface area contributed by atoms with Crippen molar-refractivity contribution in [3.63, 3.8) is 0 Å². The first kappa shape index (κ1) is 13.5. The van der Waals surface area contributed by atoms with Gasteiger partial charge in [-0.25, -0.2) is 0 Å². The second-order valence-electron chi connectivity index (χ2n) is 4.08. The van der Waals surface area contributed by atoms with Crippen molar-refractivity contribution in [2.75, 3.05) is 18.5 Å². The maximum atomic E-state index is 8.84. The highest BCUT2D eigenvalue weighted by Gasteiger charge is 2.05. The van der Waals surface area contributed by atoms with Crippen molar-refractivity contribution in [1.29, 1.82) is 0 Å². The number of aliphatic hydroxyl groups is 1. The highest BCUT2D eigenvalue weighted by Crippen LogP contribution is 2.16. The van der Waals surface area contributed by atoms with E-state index in [0.717, 1.165) is 17.8 Å². The van der Waals surface area contributed by atoms with E-state index in [1.54, 1.807) is 0 Å². The quantitative estimate of drug-likeness (QED) is 0.700. The zero-order valence-corrected chi connectivity index (χ0v) is 10.9. The molecule has 0 amide bonds. The van der Waals surface area contributed by atoms with Crippen molar-refractivity contribution in [2.24, 2.45) is 0 Å². The zero-order valence-electron chi connectivity index (χ0n) is 10.9. The van der Waals surface area contributed by atoms with Gasteiger partial charge in [0, 0.05) is 12.3 Å². The number of aromatic nitrogens is 2. The van der Waals surface area contributed by atoms with Crippen LogP contribution in [0.15, 0.2) is 28.7 Å². The fourth-order valence-corrected chi connectivity index (χ4v) is 1.61. The minimum Gasteiger partial charge on any atom is -0.406 e. The van der Waals surface area contributed by atoms with Gasteiger partial charge < -0.3 is 20.2 Å². The molecule has 0 aliphatic carbocycles. The van der Waals surface area contributed by atoms with E-state index in [4.69, 9.17) is 9.52 Å². The van der Waals surface area contributed by atoms with Crippen LogP contribution in [-0.4, -0.2) is 28.5 Å². The Morgan fingerprint density at radius 1 is 1.21 bits per heavy atom. The molecule has 1 aromatic heterocycles. The molecule has 0 aliphatic rings. The lowest BCUT2D eigenvalue weighted by molar-refractivity contribution is 0.299. The molecule has 2 rings (SSSR count). The van der Waals surface area contributed by atoms with Crippen molar-refractivity contribution in [3.05, 3.63) is 35.7 Å². The van der Waals surface area contributed by atoms with Crippen LogP contribution in [0.25, 0.3) is 0 Å². The maximum absolute atomic E-state index is 8.84. The molecule has 0 saturated heterocycles. The van der Waals surface area contributed by atoms with Crippen molar-refractivity contribution in [1.82, 2.24) is 15.5 Å². The molecule has 6 heteroatoms. The van der Waals surface area contributed by atoms with Crippen LogP contribution in [0.4, 0.5) is 11.7 Å². The topological polar surface area (TPSA) is 83.2 Å². The first-order valence-corrected chi connectivity index (χ1v) is 6.31. The van der Waals surface area contributed by atoms with E-state index in [1.165, 1.54) is 0 Å². The Kier molecular flexibility index (Phi) is 4.88. The summed E-state index contributed by atoms with van der Waals surface area (Å²) in [6.45, 7) is 3.60.